The van der Waals surface area contributed by atoms with E-state index < -0.39 is 47.1 Å². The molecule has 0 saturated heterocycles. The number of methoxy groups -OCH3 is 1. The molecule has 0 bridgehead atoms. The second kappa shape index (κ2) is 13.4. The van der Waals surface area contributed by atoms with Gasteiger partial charge in [-0.2, -0.15) is 0 Å². The van der Waals surface area contributed by atoms with Gasteiger partial charge in [0.05, 0.1) is 7.11 Å². The van der Waals surface area contributed by atoms with Gasteiger partial charge in [-0.1, -0.05) is 50.6 Å². The van der Waals surface area contributed by atoms with Crippen molar-refractivity contribution in [2.45, 2.75) is 98.4 Å². The molecule has 9 heteroatoms. The minimum atomic E-state index is -1.05. The first-order chi connectivity index (χ1) is 17.0. The highest BCUT2D eigenvalue weighted by Gasteiger charge is 2.43. The van der Waals surface area contributed by atoms with Crippen molar-refractivity contribution in [3.05, 3.63) is 35.4 Å². The summed E-state index contributed by atoms with van der Waals surface area (Å²) >= 11 is 0. The lowest BCUT2D eigenvalue weighted by molar-refractivity contribution is -0.150. The molecule has 3 amide bonds. The molecule has 2 unspecified atom stereocenters. The Hall–Kier alpha value is -3.10. The normalized spacial score (nSPS) is 13.4. The minimum Gasteiger partial charge on any atom is -0.468 e. The van der Waals surface area contributed by atoms with E-state index in [1.54, 1.807) is 26.8 Å². The fourth-order valence-corrected chi connectivity index (χ4v) is 3.84. The Labute approximate surface area is 221 Å². The monoisotopic (exact) mass is 519 g/mol. The van der Waals surface area contributed by atoms with E-state index in [1.165, 1.54) is 12.0 Å². The van der Waals surface area contributed by atoms with E-state index in [4.69, 9.17) is 4.74 Å². The summed E-state index contributed by atoms with van der Waals surface area (Å²) < 4.78 is 10.1. The van der Waals surface area contributed by atoms with Crippen molar-refractivity contribution in [3.8, 4) is 0 Å². The van der Waals surface area contributed by atoms with Crippen molar-refractivity contribution in [1.29, 1.82) is 0 Å². The van der Waals surface area contributed by atoms with Crippen LogP contribution in [0.3, 0.4) is 0 Å². The lowest BCUT2D eigenvalue weighted by Crippen LogP contribution is -2.59. The lowest BCUT2D eigenvalue weighted by Gasteiger charge is -2.44. The van der Waals surface area contributed by atoms with E-state index in [9.17, 15) is 19.2 Å². The molecule has 0 aromatic heterocycles. The molecule has 0 fully saturated rings. The molecule has 2 N–H and O–H groups in total. The number of esters is 1. The van der Waals surface area contributed by atoms with Crippen LogP contribution in [-0.2, 0) is 23.9 Å². The van der Waals surface area contributed by atoms with Gasteiger partial charge in [0.1, 0.15) is 24.2 Å². The van der Waals surface area contributed by atoms with E-state index in [2.05, 4.69) is 15.4 Å². The summed E-state index contributed by atoms with van der Waals surface area (Å²) in [5, 5.41) is 5.35. The number of nitrogens with zero attached hydrogens (tertiary/aromatic N) is 1. The maximum Gasteiger partial charge on any atom is 0.408 e. The summed E-state index contributed by atoms with van der Waals surface area (Å²) in [5.74, 6) is -1.47. The molecule has 37 heavy (non-hydrogen) atoms. The van der Waals surface area contributed by atoms with Crippen LogP contribution < -0.4 is 10.6 Å². The zero-order valence-corrected chi connectivity index (χ0v) is 24.1. The minimum absolute atomic E-state index is 0.0704. The number of amides is 3. The number of alkyl carbamates (subject to hydrolysis) is 1. The summed E-state index contributed by atoms with van der Waals surface area (Å²) in [6.07, 6.45) is 0.174. The van der Waals surface area contributed by atoms with Gasteiger partial charge in [0, 0.05) is 5.54 Å². The summed E-state index contributed by atoms with van der Waals surface area (Å²) in [7, 11) is 1.24. The van der Waals surface area contributed by atoms with Crippen molar-refractivity contribution < 1.29 is 28.7 Å². The van der Waals surface area contributed by atoms with Gasteiger partial charge in [0.2, 0.25) is 11.8 Å². The quantitative estimate of drug-likeness (QED) is 0.422. The zero-order valence-electron chi connectivity index (χ0n) is 24.1. The summed E-state index contributed by atoms with van der Waals surface area (Å²) in [5.41, 5.74) is -0.0114. The van der Waals surface area contributed by atoms with Crippen molar-refractivity contribution in [2.24, 2.45) is 5.92 Å². The van der Waals surface area contributed by atoms with Crippen LogP contribution in [0, 0.1) is 12.8 Å². The van der Waals surface area contributed by atoms with Crippen molar-refractivity contribution in [3.63, 3.8) is 0 Å². The first-order valence-corrected chi connectivity index (χ1v) is 12.8. The number of hydrogen-bond donors (Lipinski definition) is 2. The highest BCUT2D eigenvalue weighted by atomic mass is 16.6. The van der Waals surface area contributed by atoms with E-state index in [0.717, 1.165) is 5.56 Å². The smallest absolute Gasteiger partial charge is 0.408 e. The largest absolute Gasteiger partial charge is 0.468 e. The van der Waals surface area contributed by atoms with Crippen molar-refractivity contribution >= 4 is 23.9 Å². The van der Waals surface area contributed by atoms with Gasteiger partial charge in [0.15, 0.2) is 0 Å². The SMILES string of the molecule is CCC(C)(C)N(C(=O)C(CC(C)C)NC(=O)OC(C)(C)C)C(C(=O)NCC(=O)OC)c1cccc(C)c1. The number of carbonyl (C=O) groups excluding carboxylic acids is 4. The third kappa shape index (κ3) is 10.1. The van der Waals surface area contributed by atoms with Gasteiger partial charge in [-0.3, -0.25) is 14.4 Å². The van der Waals surface area contributed by atoms with E-state index in [1.807, 2.05) is 59.7 Å². The van der Waals surface area contributed by atoms with Crippen molar-refractivity contribution in [2.75, 3.05) is 13.7 Å². The first-order valence-electron chi connectivity index (χ1n) is 12.8. The Morgan fingerprint density at radius 2 is 1.68 bits per heavy atom. The van der Waals surface area contributed by atoms with Gasteiger partial charge in [0.25, 0.3) is 0 Å². The third-order valence-electron chi connectivity index (χ3n) is 5.95. The maximum absolute atomic E-state index is 14.3. The number of hydrogen-bond acceptors (Lipinski definition) is 6. The second-order valence-electron chi connectivity index (χ2n) is 11.3. The molecular weight excluding hydrogens is 474 g/mol. The average Bonchev–Trinajstić information content (AvgIpc) is 2.78. The average molecular weight is 520 g/mol. The topological polar surface area (TPSA) is 114 Å². The number of ether oxygens (including phenoxy) is 2. The Morgan fingerprint density at radius 1 is 1.05 bits per heavy atom. The van der Waals surface area contributed by atoms with Gasteiger partial charge in [-0.05, 0) is 65.9 Å². The molecule has 0 heterocycles. The summed E-state index contributed by atoms with van der Waals surface area (Å²) in [4.78, 5) is 53.9. The second-order valence-corrected chi connectivity index (χ2v) is 11.3. The fourth-order valence-electron chi connectivity index (χ4n) is 3.84. The van der Waals surface area contributed by atoms with Gasteiger partial charge in [-0.25, -0.2) is 4.79 Å². The Kier molecular flexibility index (Phi) is 11.6. The molecule has 0 aliphatic rings. The van der Waals surface area contributed by atoms with Crippen LogP contribution in [0.2, 0.25) is 0 Å². The van der Waals surface area contributed by atoms with Crippen molar-refractivity contribution in [1.82, 2.24) is 15.5 Å². The van der Waals surface area contributed by atoms with Crippen LogP contribution in [0.15, 0.2) is 24.3 Å². The summed E-state index contributed by atoms with van der Waals surface area (Å²) in [6, 6.07) is 5.35. The zero-order chi connectivity index (χ0) is 28.6. The third-order valence-corrected chi connectivity index (χ3v) is 5.95. The van der Waals surface area contributed by atoms with E-state index in [-0.39, 0.29) is 12.5 Å². The molecular formula is C28H45N3O6. The van der Waals surface area contributed by atoms with Gasteiger partial charge >= 0.3 is 12.1 Å². The maximum atomic E-state index is 14.3. The van der Waals surface area contributed by atoms with Crippen LogP contribution in [0.5, 0.6) is 0 Å². The molecule has 2 atom stereocenters. The highest BCUT2D eigenvalue weighted by Crippen LogP contribution is 2.33. The molecule has 0 aliphatic heterocycles. The Morgan fingerprint density at radius 3 is 2.16 bits per heavy atom. The van der Waals surface area contributed by atoms with Crippen LogP contribution in [0.25, 0.3) is 0 Å². The molecule has 0 radical (unpaired) electrons. The molecule has 9 nitrogen and oxygen atoms in total. The predicted molar refractivity (Wildman–Crippen MR) is 143 cm³/mol. The lowest BCUT2D eigenvalue weighted by atomic mass is 9.90. The standard InChI is InChI=1S/C28H45N3O6/c1-11-28(8,9)31(25(34)21(15-18(2)3)30-26(35)37-27(5,6)7)23(20-14-12-13-19(4)16-20)24(33)29-17-22(32)36-10/h12-14,16,18,21,23H,11,15,17H2,1-10H3,(H,29,33)(H,30,35). The molecule has 0 spiro atoms. The van der Waals surface area contributed by atoms with Crippen LogP contribution >= 0.6 is 0 Å². The molecule has 1 aromatic carbocycles. The molecule has 0 saturated carbocycles. The van der Waals surface area contributed by atoms with Crippen LogP contribution in [0.4, 0.5) is 4.79 Å². The Bertz CT molecular complexity index is 951. The Balaban J connectivity index is 3.62. The number of carbonyl (C=O) groups is 4. The predicted octanol–water partition coefficient (Wildman–Crippen LogP) is 4.28. The number of aryl methyl sites for hydroxylation is 1. The number of nitrogens with one attached hydrogen (secondary N) is 2. The van der Waals surface area contributed by atoms with Crippen LogP contribution in [-0.4, -0.2) is 59.6 Å². The van der Waals surface area contributed by atoms with E-state index >= 15 is 0 Å². The van der Waals surface area contributed by atoms with Gasteiger partial charge in [-0.15, -0.1) is 0 Å². The number of rotatable bonds is 11. The summed E-state index contributed by atoms with van der Waals surface area (Å²) in [6.45, 7) is 16.4. The molecule has 1 aromatic rings. The van der Waals surface area contributed by atoms with E-state index in [0.29, 0.717) is 18.4 Å². The molecule has 0 aliphatic carbocycles. The first kappa shape index (κ1) is 31.9. The van der Waals surface area contributed by atoms with Gasteiger partial charge < -0.3 is 25.0 Å². The molecule has 1 rings (SSSR count). The number of benzene rings is 1. The highest BCUT2D eigenvalue weighted by molar-refractivity contribution is 5.93. The van der Waals surface area contributed by atoms with Crippen LogP contribution in [0.1, 0.15) is 85.4 Å². The fraction of sp³-hybridized carbons (Fsp3) is 0.643. The molecule has 208 valence electrons.